The Balaban J connectivity index is 1.89. The van der Waals surface area contributed by atoms with Crippen molar-refractivity contribution in [2.75, 3.05) is 40.5 Å². The van der Waals surface area contributed by atoms with E-state index >= 15 is 0 Å². The number of hydrogen-bond donors (Lipinski definition) is 0. The summed E-state index contributed by atoms with van der Waals surface area (Å²) < 4.78 is 21.7. The van der Waals surface area contributed by atoms with Crippen LogP contribution in [0.1, 0.15) is 37.8 Å². The molecule has 0 amide bonds. The standard InChI is InChI=1S/C29H37NO6/c1-5-35-27(31)29(28(32)36-6-2,20-24-12-13-25(33-3)26(18-24)34-4)19-22-14-16-30(17-15-22)21-23-10-8-7-9-11-23/h7-14,18H,5-6,15-17,19-21H2,1-4H3. The molecule has 0 saturated carbocycles. The highest BCUT2D eigenvalue weighted by Gasteiger charge is 2.49. The van der Waals surface area contributed by atoms with Crippen LogP contribution in [0, 0.1) is 5.41 Å². The lowest BCUT2D eigenvalue weighted by Gasteiger charge is -2.33. The number of rotatable bonds is 12. The summed E-state index contributed by atoms with van der Waals surface area (Å²) in [7, 11) is 3.12. The molecule has 2 aromatic rings. The maximum absolute atomic E-state index is 13.4. The van der Waals surface area contributed by atoms with E-state index in [9.17, 15) is 9.59 Å². The molecule has 0 aromatic heterocycles. The molecule has 0 unspecified atom stereocenters. The van der Waals surface area contributed by atoms with Crippen LogP contribution >= 0.6 is 0 Å². The molecule has 0 atom stereocenters. The van der Waals surface area contributed by atoms with Crippen LogP contribution in [0.25, 0.3) is 0 Å². The summed E-state index contributed by atoms with van der Waals surface area (Å²) in [6, 6.07) is 15.7. The van der Waals surface area contributed by atoms with Crippen molar-refractivity contribution >= 4 is 11.9 Å². The SMILES string of the molecule is CCOC(=O)C(CC1=CCN(Cc2ccccc2)CC1)(Cc1ccc(OC)c(OC)c1)C(=O)OCC. The van der Waals surface area contributed by atoms with E-state index in [0.717, 1.165) is 37.2 Å². The molecule has 7 heteroatoms. The zero-order chi connectivity index (χ0) is 26.0. The molecule has 0 spiro atoms. The lowest BCUT2D eigenvalue weighted by atomic mass is 9.75. The van der Waals surface area contributed by atoms with E-state index in [2.05, 4.69) is 23.1 Å². The molecule has 194 valence electrons. The fraction of sp³-hybridized carbons (Fsp3) is 0.448. The minimum Gasteiger partial charge on any atom is -0.493 e. The van der Waals surface area contributed by atoms with Gasteiger partial charge < -0.3 is 18.9 Å². The minimum atomic E-state index is -1.49. The number of benzene rings is 2. The first kappa shape index (κ1) is 27.3. The average molecular weight is 496 g/mol. The second-order valence-electron chi connectivity index (χ2n) is 8.90. The van der Waals surface area contributed by atoms with Crippen molar-refractivity contribution in [1.29, 1.82) is 0 Å². The van der Waals surface area contributed by atoms with Gasteiger partial charge in [-0.25, -0.2) is 0 Å². The van der Waals surface area contributed by atoms with Gasteiger partial charge in [0.15, 0.2) is 16.9 Å². The lowest BCUT2D eigenvalue weighted by molar-refractivity contribution is -0.172. The summed E-state index contributed by atoms with van der Waals surface area (Å²) in [6.45, 7) is 6.29. The number of ether oxygens (including phenoxy) is 4. The summed E-state index contributed by atoms with van der Waals surface area (Å²) in [6.07, 6.45) is 3.28. The summed E-state index contributed by atoms with van der Waals surface area (Å²) in [5.74, 6) is -0.0191. The van der Waals surface area contributed by atoms with Crippen molar-refractivity contribution in [2.45, 2.75) is 39.7 Å². The predicted octanol–water partition coefficient (Wildman–Crippen LogP) is 4.58. The Morgan fingerprint density at radius 2 is 1.53 bits per heavy atom. The molecular weight excluding hydrogens is 458 g/mol. The molecule has 0 bridgehead atoms. The molecule has 3 rings (SSSR count). The highest BCUT2D eigenvalue weighted by molar-refractivity contribution is 6.00. The molecule has 0 aliphatic carbocycles. The molecule has 7 nitrogen and oxygen atoms in total. The zero-order valence-electron chi connectivity index (χ0n) is 21.7. The van der Waals surface area contributed by atoms with E-state index in [1.54, 1.807) is 40.2 Å². The van der Waals surface area contributed by atoms with E-state index < -0.39 is 17.4 Å². The first-order valence-corrected chi connectivity index (χ1v) is 12.4. The van der Waals surface area contributed by atoms with Crippen molar-refractivity contribution in [2.24, 2.45) is 5.41 Å². The third-order valence-corrected chi connectivity index (χ3v) is 6.45. The zero-order valence-corrected chi connectivity index (χ0v) is 21.7. The molecule has 0 N–H and O–H groups in total. The Labute approximate surface area is 214 Å². The van der Waals surface area contributed by atoms with Gasteiger partial charge in [-0.3, -0.25) is 14.5 Å². The van der Waals surface area contributed by atoms with Crippen molar-refractivity contribution in [1.82, 2.24) is 4.90 Å². The van der Waals surface area contributed by atoms with Gasteiger partial charge in [-0.2, -0.15) is 0 Å². The fourth-order valence-electron chi connectivity index (χ4n) is 4.60. The molecule has 2 aromatic carbocycles. The van der Waals surface area contributed by atoms with Crippen LogP contribution < -0.4 is 9.47 Å². The van der Waals surface area contributed by atoms with Gasteiger partial charge in [0.05, 0.1) is 27.4 Å². The number of hydrogen-bond acceptors (Lipinski definition) is 7. The first-order chi connectivity index (χ1) is 17.4. The van der Waals surface area contributed by atoms with Gasteiger partial charge in [-0.05, 0) is 56.4 Å². The normalized spacial score (nSPS) is 14.1. The lowest BCUT2D eigenvalue weighted by Crippen LogP contribution is -2.45. The molecule has 36 heavy (non-hydrogen) atoms. The minimum absolute atomic E-state index is 0.135. The Bertz CT molecular complexity index is 1030. The van der Waals surface area contributed by atoms with Gasteiger partial charge in [0.25, 0.3) is 0 Å². The second-order valence-corrected chi connectivity index (χ2v) is 8.90. The van der Waals surface area contributed by atoms with E-state index in [1.165, 1.54) is 5.56 Å². The number of esters is 2. The van der Waals surface area contributed by atoms with Crippen molar-refractivity contribution in [3.05, 3.63) is 71.3 Å². The van der Waals surface area contributed by atoms with Gasteiger partial charge in [-0.1, -0.05) is 48.0 Å². The summed E-state index contributed by atoms with van der Waals surface area (Å²) in [4.78, 5) is 29.2. The van der Waals surface area contributed by atoms with E-state index in [4.69, 9.17) is 18.9 Å². The maximum Gasteiger partial charge on any atom is 0.324 e. The van der Waals surface area contributed by atoms with Gasteiger partial charge in [0.1, 0.15) is 0 Å². The van der Waals surface area contributed by atoms with Crippen molar-refractivity contribution in [3.8, 4) is 11.5 Å². The molecule has 0 radical (unpaired) electrons. The average Bonchev–Trinajstić information content (AvgIpc) is 2.90. The molecular formula is C29H37NO6. The van der Waals surface area contributed by atoms with Crippen LogP contribution in [0.4, 0.5) is 0 Å². The van der Waals surface area contributed by atoms with Crippen LogP contribution in [-0.2, 0) is 32.0 Å². The highest BCUT2D eigenvalue weighted by atomic mass is 16.6. The topological polar surface area (TPSA) is 74.3 Å². The molecule has 0 saturated heterocycles. The number of nitrogens with zero attached hydrogens (tertiary/aromatic N) is 1. The van der Waals surface area contributed by atoms with Crippen molar-refractivity contribution in [3.63, 3.8) is 0 Å². The van der Waals surface area contributed by atoms with Crippen LogP contribution in [0.3, 0.4) is 0 Å². The Morgan fingerprint density at radius 3 is 2.08 bits per heavy atom. The largest absolute Gasteiger partial charge is 0.493 e. The Hall–Kier alpha value is -3.32. The summed E-state index contributed by atoms with van der Waals surface area (Å²) in [5, 5.41) is 0. The van der Waals surface area contributed by atoms with E-state index in [-0.39, 0.29) is 26.1 Å². The third kappa shape index (κ3) is 6.66. The van der Waals surface area contributed by atoms with Crippen molar-refractivity contribution < 1.29 is 28.5 Å². The van der Waals surface area contributed by atoms with Gasteiger partial charge in [-0.15, -0.1) is 0 Å². The summed E-state index contributed by atoms with van der Waals surface area (Å²) in [5.41, 5.74) is 1.59. The van der Waals surface area contributed by atoms with Crippen LogP contribution in [0.5, 0.6) is 11.5 Å². The van der Waals surface area contributed by atoms with E-state index in [0.29, 0.717) is 11.5 Å². The van der Waals surface area contributed by atoms with Gasteiger partial charge >= 0.3 is 11.9 Å². The predicted molar refractivity (Wildman–Crippen MR) is 138 cm³/mol. The molecule has 1 heterocycles. The molecule has 0 fully saturated rings. The van der Waals surface area contributed by atoms with Crippen LogP contribution in [0.15, 0.2) is 60.2 Å². The smallest absolute Gasteiger partial charge is 0.324 e. The number of carbonyl (C=O) groups excluding carboxylic acids is 2. The number of methoxy groups -OCH3 is 2. The highest BCUT2D eigenvalue weighted by Crippen LogP contribution is 2.38. The second kappa shape index (κ2) is 13.1. The molecule has 1 aliphatic heterocycles. The van der Waals surface area contributed by atoms with Crippen LogP contribution in [-0.4, -0.2) is 57.4 Å². The Morgan fingerprint density at radius 1 is 0.861 bits per heavy atom. The quantitative estimate of drug-likeness (QED) is 0.242. The fourth-order valence-corrected chi connectivity index (χ4v) is 4.60. The van der Waals surface area contributed by atoms with Gasteiger partial charge in [0, 0.05) is 19.6 Å². The molecule has 1 aliphatic rings. The first-order valence-electron chi connectivity index (χ1n) is 12.4. The third-order valence-electron chi connectivity index (χ3n) is 6.45. The van der Waals surface area contributed by atoms with Crippen LogP contribution in [0.2, 0.25) is 0 Å². The monoisotopic (exact) mass is 495 g/mol. The summed E-state index contributed by atoms with van der Waals surface area (Å²) >= 11 is 0. The number of carbonyl (C=O) groups is 2. The van der Waals surface area contributed by atoms with Gasteiger partial charge in [0.2, 0.25) is 0 Å². The maximum atomic E-state index is 13.4. The Kier molecular flexibility index (Phi) is 9.94. The van der Waals surface area contributed by atoms with E-state index in [1.807, 2.05) is 24.3 Å².